The van der Waals surface area contributed by atoms with E-state index in [4.69, 9.17) is 0 Å². The molecule has 0 aromatic heterocycles. The number of hydrogen-bond acceptors (Lipinski definition) is 2. The first-order chi connectivity index (χ1) is 8.69. The van der Waals surface area contributed by atoms with E-state index in [-0.39, 0.29) is 11.7 Å². The van der Waals surface area contributed by atoms with Crippen LogP contribution >= 0.6 is 0 Å². The standard InChI is InChI=1S/C15H21NO2/c1-3-5-6-14(17)12-7-9-13(10-8-12)15(18)16-11-4-2/h7-10H,3-6,11H2,1-2H3,(H,16,18). The fourth-order valence-electron chi connectivity index (χ4n) is 1.63. The number of rotatable bonds is 7. The van der Waals surface area contributed by atoms with Crippen LogP contribution in [0.5, 0.6) is 0 Å². The van der Waals surface area contributed by atoms with Crippen molar-refractivity contribution < 1.29 is 9.59 Å². The van der Waals surface area contributed by atoms with Gasteiger partial charge in [-0.15, -0.1) is 0 Å². The van der Waals surface area contributed by atoms with E-state index in [0.29, 0.717) is 24.1 Å². The first-order valence-corrected chi connectivity index (χ1v) is 6.60. The SMILES string of the molecule is CCCCC(=O)c1ccc(C(=O)NCCC)cc1. The molecular weight excluding hydrogens is 226 g/mol. The Bertz CT molecular complexity index is 356. The molecule has 0 bridgehead atoms. The number of nitrogens with one attached hydrogen (secondary N) is 1. The van der Waals surface area contributed by atoms with Gasteiger partial charge >= 0.3 is 0 Å². The maximum Gasteiger partial charge on any atom is 0.251 e. The molecule has 0 aliphatic carbocycles. The molecule has 0 fully saturated rings. The minimum Gasteiger partial charge on any atom is -0.352 e. The molecule has 0 heterocycles. The summed E-state index contributed by atoms with van der Waals surface area (Å²) >= 11 is 0. The quantitative estimate of drug-likeness (QED) is 0.752. The first-order valence-electron chi connectivity index (χ1n) is 6.60. The van der Waals surface area contributed by atoms with Gasteiger partial charge in [-0.3, -0.25) is 9.59 Å². The van der Waals surface area contributed by atoms with E-state index in [1.165, 1.54) is 0 Å². The Kier molecular flexibility index (Phi) is 6.12. The van der Waals surface area contributed by atoms with Gasteiger partial charge in [0.25, 0.3) is 5.91 Å². The van der Waals surface area contributed by atoms with Crippen molar-refractivity contribution in [3.05, 3.63) is 35.4 Å². The van der Waals surface area contributed by atoms with Crippen LogP contribution in [0.15, 0.2) is 24.3 Å². The number of amides is 1. The van der Waals surface area contributed by atoms with Crippen molar-refractivity contribution in [2.75, 3.05) is 6.54 Å². The van der Waals surface area contributed by atoms with Crippen LogP contribution in [0.1, 0.15) is 60.2 Å². The van der Waals surface area contributed by atoms with Crippen LogP contribution in [0.2, 0.25) is 0 Å². The van der Waals surface area contributed by atoms with Gasteiger partial charge in [-0.2, -0.15) is 0 Å². The summed E-state index contributed by atoms with van der Waals surface area (Å²) in [4.78, 5) is 23.4. The number of ketones is 1. The molecule has 0 spiro atoms. The molecule has 98 valence electrons. The summed E-state index contributed by atoms with van der Waals surface area (Å²) in [5.41, 5.74) is 1.30. The molecule has 0 atom stereocenters. The highest BCUT2D eigenvalue weighted by Gasteiger charge is 2.07. The summed E-state index contributed by atoms with van der Waals surface area (Å²) in [6.07, 6.45) is 3.43. The van der Waals surface area contributed by atoms with Crippen molar-refractivity contribution in [1.29, 1.82) is 0 Å². The molecular formula is C15H21NO2. The maximum atomic E-state index is 11.8. The normalized spacial score (nSPS) is 10.1. The van der Waals surface area contributed by atoms with Crippen molar-refractivity contribution >= 4 is 11.7 Å². The summed E-state index contributed by atoms with van der Waals surface area (Å²) in [6.45, 7) is 4.75. The van der Waals surface area contributed by atoms with E-state index >= 15 is 0 Å². The van der Waals surface area contributed by atoms with E-state index in [1.54, 1.807) is 24.3 Å². The molecule has 1 aromatic rings. The molecule has 0 aliphatic rings. The number of Topliss-reactive ketones (excluding diaryl/α,β-unsaturated/α-hetero) is 1. The molecule has 1 N–H and O–H groups in total. The van der Waals surface area contributed by atoms with Gasteiger partial charge in [0.2, 0.25) is 0 Å². The fourth-order valence-corrected chi connectivity index (χ4v) is 1.63. The molecule has 3 nitrogen and oxygen atoms in total. The monoisotopic (exact) mass is 247 g/mol. The van der Waals surface area contributed by atoms with Gasteiger partial charge in [-0.25, -0.2) is 0 Å². The van der Waals surface area contributed by atoms with E-state index in [0.717, 1.165) is 19.3 Å². The van der Waals surface area contributed by atoms with Gasteiger partial charge < -0.3 is 5.32 Å². The van der Waals surface area contributed by atoms with Gasteiger partial charge in [0.1, 0.15) is 0 Å². The van der Waals surface area contributed by atoms with Crippen molar-refractivity contribution in [3.63, 3.8) is 0 Å². The molecule has 18 heavy (non-hydrogen) atoms. The Labute approximate surface area is 109 Å². The second-order valence-electron chi connectivity index (χ2n) is 4.36. The Balaban J connectivity index is 2.62. The second-order valence-corrected chi connectivity index (χ2v) is 4.36. The smallest absolute Gasteiger partial charge is 0.251 e. The zero-order chi connectivity index (χ0) is 13.4. The number of benzene rings is 1. The molecule has 1 amide bonds. The third-order valence-corrected chi connectivity index (χ3v) is 2.76. The molecule has 0 saturated heterocycles. The third kappa shape index (κ3) is 4.32. The lowest BCUT2D eigenvalue weighted by Crippen LogP contribution is -2.23. The van der Waals surface area contributed by atoms with E-state index in [2.05, 4.69) is 12.2 Å². The average molecular weight is 247 g/mol. The van der Waals surface area contributed by atoms with Crippen molar-refractivity contribution in [2.45, 2.75) is 39.5 Å². The Hall–Kier alpha value is -1.64. The lowest BCUT2D eigenvalue weighted by atomic mass is 10.0. The Morgan fingerprint density at radius 2 is 1.61 bits per heavy atom. The summed E-state index contributed by atoms with van der Waals surface area (Å²) in [7, 11) is 0. The van der Waals surface area contributed by atoms with Crippen molar-refractivity contribution in [2.24, 2.45) is 0 Å². The summed E-state index contributed by atoms with van der Waals surface area (Å²) < 4.78 is 0. The lowest BCUT2D eigenvalue weighted by molar-refractivity contribution is 0.0949. The van der Waals surface area contributed by atoms with Gasteiger partial charge in [0, 0.05) is 24.1 Å². The predicted molar refractivity (Wildman–Crippen MR) is 72.9 cm³/mol. The third-order valence-electron chi connectivity index (χ3n) is 2.76. The summed E-state index contributed by atoms with van der Waals surface area (Å²) in [5, 5.41) is 2.81. The Morgan fingerprint density at radius 1 is 1.00 bits per heavy atom. The van der Waals surface area contributed by atoms with Gasteiger partial charge in [0.15, 0.2) is 5.78 Å². The second kappa shape index (κ2) is 7.64. The predicted octanol–water partition coefficient (Wildman–Crippen LogP) is 3.20. The highest BCUT2D eigenvalue weighted by Crippen LogP contribution is 2.09. The Morgan fingerprint density at radius 3 is 2.17 bits per heavy atom. The topological polar surface area (TPSA) is 46.2 Å². The highest BCUT2D eigenvalue weighted by molar-refractivity contribution is 5.98. The van der Waals surface area contributed by atoms with Crippen molar-refractivity contribution in [3.8, 4) is 0 Å². The van der Waals surface area contributed by atoms with Crippen LogP contribution < -0.4 is 5.32 Å². The van der Waals surface area contributed by atoms with Crippen LogP contribution in [0, 0.1) is 0 Å². The van der Waals surface area contributed by atoms with Crippen molar-refractivity contribution in [1.82, 2.24) is 5.32 Å². The molecule has 0 saturated carbocycles. The maximum absolute atomic E-state index is 11.8. The first kappa shape index (κ1) is 14.4. The number of carbonyl (C=O) groups excluding carboxylic acids is 2. The molecule has 1 rings (SSSR count). The van der Waals surface area contributed by atoms with Gasteiger partial charge in [0.05, 0.1) is 0 Å². The number of unbranched alkanes of at least 4 members (excludes halogenated alkanes) is 1. The van der Waals surface area contributed by atoms with Crippen LogP contribution in [-0.2, 0) is 0 Å². The van der Waals surface area contributed by atoms with E-state index < -0.39 is 0 Å². The lowest BCUT2D eigenvalue weighted by Gasteiger charge is -2.04. The minimum atomic E-state index is -0.0793. The summed E-state index contributed by atoms with van der Waals surface area (Å²) in [6, 6.07) is 6.89. The zero-order valence-corrected chi connectivity index (χ0v) is 11.2. The molecule has 3 heteroatoms. The van der Waals surface area contributed by atoms with Crippen LogP contribution in [0.3, 0.4) is 0 Å². The van der Waals surface area contributed by atoms with Crippen LogP contribution in [0.25, 0.3) is 0 Å². The highest BCUT2D eigenvalue weighted by atomic mass is 16.1. The average Bonchev–Trinajstić information content (AvgIpc) is 2.42. The van der Waals surface area contributed by atoms with E-state index in [1.807, 2.05) is 6.92 Å². The number of hydrogen-bond donors (Lipinski definition) is 1. The molecule has 0 unspecified atom stereocenters. The van der Waals surface area contributed by atoms with E-state index in [9.17, 15) is 9.59 Å². The van der Waals surface area contributed by atoms with Gasteiger partial charge in [-0.1, -0.05) is 32.4 Å². The van der Waals surface area contributed by atoms with Gasteiger partial charge in [-0.05, 0) is 25.0 Å². The summed E-state index contributed by atoms with van der Waals surface area (Å²) in [5.74, 6) is 0.0711. The fraction of sp³-hybridized carbons (Fsp3) is 0.467. The molecule has 0 radical (unpaired) electrons. The zero-order valence-electron chi connectivity index (χ0n) is 11.2. The molecule has 0 aliphatic heterocycles. The number of carbonyl (C=O) groups is 2. The van der Waals surface area contributed by atoms with Crippen LogP contribution in [-0.4, -0.2) is 18.2 Å². The molecule has 1 aromatic carbocycles. The minimum absolute atomic E-state index is 0.0793. The largest absolute Gasteiger partial charge is 0.352 e. The van der Waals surface area contributed by atoms with Crippen LogP contribution in [0.4, 0.5) is 0 Å².